The number of anilines is 1. The molecule has 0 aliphatic carbocycles. The highest BCUT2D eigenvalue weighted by Crippen LogP contribution is 2.28. The number of aromatic nitrogens is 1. The molecule has 1 heterocycles. The molecule has 2 N–H and O–H groups in total. The fraction of sp³-hybridized carbons (Fsp3) is 0.412. The van der Waals surface area contributed by atoms with Crippen molar-refractivity contribution in [2.75, 3.05) is 25.5 Å². The highest BCUT2D eigenvalue weighted by Gasteiger charge is 2.23. The Morgan fingerprint density at radius 1 is 1.26 bits per heavy atom. The standard InChI is InChI=1S/C17H24N4O5S/c1-5-21(6-2)27(23,24)14-7-8-16(25-4)15(10-14)19-17(22)18-11-13-9-12(3)20-26-13/h7-10H,5-6,11H2,1-4H3,(H2,18,19,22). The van der Waals surface area contributed by atoms with E-state index in [1.54, 1.807) is 26.8 Å². The van der Waals surface area contributed by atoms with Crippen LogP contribution in [0.15, 0.2) is 33.7 Å². The molecule has 0 saturated carbocycles. The number of nitrogens with zero attached hydrogens (tertiary/aromatic N) is 2. The first-order valence-corrected chi connectivity index (χ1v) is 9.91. The zero-order valence-corrected chi connectivity index (χ0v) is 16.6. The third-order valence-corrected chi connectivity index (χ3v) is 5.91. The quantitative estimate of drug-likeness (QED) is 0.708. The van der Waals surface area contributed by atoms with Gasteiger partial charge in [0, 0.05) is 19.2 Å². The van der Waals surface area contributed by atoms with Gasteiger partial charge in [-0.3, -0.25) is 0 Å². The van der Waals surface area contributed by atoms with E-state index in [1.807, 2.05) is 0 Å². The maximum Gasteiger partial charge on any atom is 0.319 e. The average Bonchev–Trinajstić information content (AvgIpc) is 3.06. The summed E-state index contributed by atoms with van der Waals surface area (Å²) >= 11 is 0. The summed E-state index contributed by atoms with van der Waals surface area (Å²) in [5.41, 5.74) is 0.958. The molecule has 1 aromatic carbocycles. The average molecular weight is 396 g/mol. The molecule has 0 radical (unpaired) electrons. The molecule has 9 nitrogen and oxygen atoms in total. The molecule has 148 valence electrons. The van der Waals surface area contributed by atoms with E-state index in [0.717, 1.165) is 0 Å². The smallest absolute Gasteiger partial charge is 0.319 e. The van der Waals surface area contributed by atoms with E-state index >= 15 is 0 Å². The Kier molecular flexibility index (Phi) is 6.81. The van der Waals surface area contributed by atoms with E-state index in [4.69, 9.17) is 9.26 Å². The molecular formula is C17H24N4O5S. The molecule has 27 heavy (non-hydrogen) atoms. The van der Waals surface area contributed by atoms with Gasteiger partial charge >= 0.3 is 6.03 Å². The van der Waals surface area contributed by atoms with Crippen LogP contribution in [0.2, 0.25) is 0 Å². The molecule has 0 fully saturated rings. The van der Waals surface area contributed by atoms with Gasteiger partial charge < -0.3 is 19.9 Å². The number of benzene rings is 1. The van der Waals surface area contributed by atoms with Gasteiger partial charge in [-0.05, 0) is 25.1 Å². The number of amides is 2. The summed E-state index contributed by atoms with van der Waals surface area (Å²) in [6.07, 6.45) is 0. The third kappa shape index (κ3) is 4.98. The second-order valence-electron chi connectivity index (χ2n) is 5.69. The topological polar surface area (TPSA) is 114 Å². The van der Waals surface area contributed by atoms with Crippen LogP contribution in [-0.4, -0.2) is 44.1 Å². The summed E-state index contributed by atoms with van der Waals surface area (Å²) in [6.45, 7) is 6.16. The number of aryl methyl sites for hydroxylation is 1. The molecule has 2 rings (SSSR count). The van der Waals surface area contributed by atoms with Crippen molar-refractivity contribution in [1.82, 2.24) is 14.8 Å². The van der Waals surface area contributed by atoms with E-state index in [-0.39, 0.29) is 17.1 Å². The summed E-state index contributed by atoms with van der Waals surface area (Å²) in [6, 6.07) is 5.52. The first kappa shape index (κ1) is 20.7. The lowest BCUT2D eigenvalue weighted by Crippen LogP contribution is -2.31. The van der Waals surface area contributed by atoms with Crippen LogP contribution in [0.1, 0.15) is 25.3 Å². The number of nitrogens with one attached hydrogen (secondary N) is 2. The molecule has 1 aromatic heterocycles. The van der Waals surface area contributed by atoms with Crippen LogP contribution >= 0.6 is 0 Å². The highest BCUT2D eigenvalue weighted by atomic mass is 32.2. The second kappa shape index (κ2) is 8.87. The van der Waals surface area contributed by atoms with Gasteiger partial charge in [0.05, 0.1) is 29.9 Å². The molecule has 0 unspecified atom stereocenters. The van der Waals surface area contributed by atoms with E-state index in [1.165, 1.54) is 29.6 Å². The van der Waals surface area contributed by atoms with Crippen molar-refractivity contribution in [2.45, 2.75) is 32.2 Å². The van der Waals surface area contributed by atoms with Crippen LogP contribution in [-0.2, 0) is 16.6 Å². The van der Waals surface area contributed by atoms with Gasteiger partial charge in [-0.2, -0.15) is 4.31 Å². The van der Waals surface area contributed by atoms with E-state index < -0.39 is 16.1 Å². The molecular weight excluding hydrogens is 372 g/mol. The number of methoxy groups -OCH3 is 1. The summed E-state index contributed by atoms with van der Waals surface area (Å²) < 4.78 is 36.9. The second-order valence-corrected chi connectivity index (χ2v) is 7.63. The van der Waals surface area contributed by atoms with Gasteiger partial charge in [-0.15, -0.1) is 0 Å². The van der Waals surface area contributed by atoms with E-state index in [0.29, 0.717) is 30.3 Å². The lowest BCUT2D eigenvalue weighted by atomic mass is 10.3. The SMILES string of the molecule is CCN(CC)S(=O)(=O)c1ccc(OC)c(NC(=O)NCc2cc(C)no2)c1. The summed E-state index contributed by atoms with van der Waals surface area (Å²) in [4.78, 5) is 12.2. The first-order chi connectivity index (χ1) is 12.8. The Morgan fingerprint density at radius 3 is 2.52 bits per heavy atom. The number of carbonyl (C=O) groups is 1. The van der Waals surface area contributed by atoms with Crippen LogP contribution < -0.4 is 15.4 Å². The van der Waals surface area contributed by atoms with Gasteiger partial charge in [0.2, 0.25) is 10.0 Å². The predicted molar refractivity (Wildman–Crippen MR) is 100 cm³/mol. The fourth-order valence-corrected chi connectivity index (χ4v) is 3.98. The van der Waals surface area contributed by atoms with Crippen molar-refractivity contribution in [1.29, 1.82) is 0 Å². The number of hydrogen-bond acceptors (Lipinski definition) is 6. The fourth-order valence-electron chi connectivity index (χ4n) is 2.49. The van der Waals surface area contributed by atoms with Crippen molar-refractivity contribution in [3.8, 4) is 5.75 Å². The number of rotatable bonds is 8. The van der Waals surface area contributed by atoms with Crippen molar-refractivity contribution in [3.63, 3.8) is 0 Å². The van der Waals surface area contributed by atoms with Crippen molar-refractivity contribution < 1.29 is 22.5 Å². The number of carbonyl (C=O) groups excluding carboxylic acids is 1. The Bertz CT molecular complexity index is 890. The Hall–Kier alpha value is -2.59. The predicted octanol–water partition coefficient (Wildman–Crippen LogP) is 2.34. The monoisotopic (exact) mass is 396 g/mol. The van der Waals surface area contributed by atoms with Gasteiger partial charge in [-0.25, -0.2) is 13.2 Å². The van der Waals surface area contributed by atoms with Crippen molar-refractivity contribution in [3.05, 3.63) is 35.7 Å². The molecule has 10 heteroatoms. The minimum absolute atomic E-state index is 0.0770. The van der Waals surface area contributed by atoms with Gasteiger partial charge in [0.15, 0.2) is 5.76 Å². The van der Waals surface area contributed by atoms with Gasteiger partial charge in [-0.1, -0.05) is 19.0 Å². The van der Waals surface area contributed by atoms with Crippen molar-refractivity contribution >= 4 is 21.7 Å². The number of hydrogen-bond donors (Lipinski definition) is 2. The third-order valence-electron chi connectivity index (χ3n) is 3.86. The molecule has 0 atom stereocenters. The first-order valence-electron chi connectivity index (χ1n) is 8.47. The minimum Gasteiger partial charge on any atom is -0.495 e. The molecule has 0 saturated heterocycles. The summed E-state index contributed by atoms with van der Waals surface area (Å²) in [5.74, 6) is 0.853. The molecule has 2 amide bonds. The summed E-state index contributed by atoms with van der Waals surface area (Å²) in [7, 11) is -2.22. The number of urea groups is 1. The number of ether oxygens (including phenoxy) is 1. The maximum absolute atomic E-state index is 12.7. The van der Waals surface area contributed by atoms with E-state index in [9.17, 15) is 13.2 Å². The largest absolute Gasteiger partial charge is 0.495 e. The lowest BCUT2D eigenvalue weighted by molar-refractivity contribution is 0.250. The zero-order valence-electron chi connectivity index (χ0n) is 15.8. The van der Waals surface area contributed by atoms with Gasteiger partial charge in [0.25, 0.3) is 0 Å². The minimum atomic E-state index is -3.65. The Balaban J connectivity index is 2.18. The van der Waals surface area contributed by atoms with Crippen molar-refractivity contribution in [2.24, 2.45) is 0 Å². The molecule has 0 aliphatic heterocycles. The Labute approximate surface area is 158 Å². The zero-order chi connectivity index (χ0) is 20.0. The normalized spacial score (nSPS) is 11.4. The molecule has 0 spiro atoms. The molecule has 0 bridgehead atoms. The van der Waals surface area contributed by atoms with Crippen LogP contribution in [0.25, 0.3) is 0 Å². The number of sulfonamides is 1. The Morgan fingerprint density at radius 2 is 1.96 bits per heavy atom. The molecule has 0 aliphatic rings. The van der Waals surface area contributed by atoms with E-state index in [2.05, 4.69) is 15.8 Å². The highest BCUT2D eigenvalue weighted by molar-refractivity contribution is 7.89. The lowest BCUT2D eigenvalue weighted by Gasteiger charge is -2.19. The van der Waals surface area contributed by atoms with Gasteiger partial charge in [0.1, 0.15) is 5.75 Å². The van der Waals surface area contributed by atoms with Crippen LogP contribution in [0, 0.1) is 6.92 Å². The summed E-state index contributed by atoms with van der Waals surface area (Å²) in [5, 5.41) is 8.96. The van der Waals surface area contributed by atoms with Crippen LogP contribution in [0.4, 0.5) is 10.5 Å². The maximum atomic E-state index is 12.7. The van der Waals surface area contributed by atoms with Crippen LogP contribution in [0.3, 0.4) is 0 Å². The molecule has 2 aromatic rings. The van der Waals surface area contributed by atoms with Crippen LogP contribution in [0.5, 0.6) is 5.75 Å².